The number of aryl methyl sites for hydroxylation is 1. The zero-order valence-electron chi connectivity index (χ0n) is 8.99. The lowest BCUT2D eigenvalue weighted by molar-refractivity contribution is 0.357. The first-order valence-electron chi connectivity index (χ1n) is 5.23. The van der Waals surface area contributed by atoms with Gasteiger partial charge in [-0.1, -0.05) is 0 Å². The molecule has 2 N–H and O–H groups in total. The van der Waals surface area contributed by atoms with Gasteiger partial charge in [0.1, 0.15) is 17.2 Å². The predicted octanol–water partition coefficient (Wildman–Crippen LogP) is 2.17. The molecule has 2 heterocycles. The first-order valence-corrected chi connectivity index (χ1v) is 5.23. The molecule has 0 amide bonds. The van der Waals surface area contributed by atoms with Gasteiger partial charge < -0.3 is 14.9 Å². The van der Waals surface area contributed by atoms with E-state index in [-0.39, 0.29) is 6.01 Å². The normalized spacial score (nSPS) is 13.6. The maximum atomic E-state index is 5.53. The molecule has 82 valence electrons. The van der Waals surface area contributed by atoms with Gasteiger partial charge in [-0.05, 0) is 30.7 Å². The fraction of sp³-hybridized carbons (Fsp3) is 0.250. The minimum absolute atomic E-state index is 0.212. The van der Waals surface area contributed by atoms with Gasteiger partial charge in [-0.3, -0.25) is 0 Å². The van der Waals surface area contributed by atoms with Crippen LogP contribution in [-0.4, -0.2) is 11.6 Å². The number of oxazole rings is 1. The van der Waals surface area contributed by atoms with Gasteiger partial charge in [0.2, 0.25) is 0 Å². The van der Waals surface area contributed by atoms with Gasteiger partial charge in [-0.2, -0.15) is 4.98 Å². The van der Waals surface area contributed by atoms with Crippen molar-refractivity contribution in [1.82, 2.24) is 4.98 Å². The second-order valence-electron chi connectivity index (χ2n) is 3.88. The average molecular weight is 216 g/mol. The number of hydrogen-bond donors (Lipinski definition) is 1. The number of anilines is 1. The number of ether oxygens (including phenoxy) is 1. The largest absolute Gasteiger partial charge is 0.493 e. The summed E-state index contributed by atoms with van der Waals surface area (Å²) in [5.41, 5.74) is 8.59. The third kappa shape index (κ3) is 1.34. The van der Waals surface area contributed by atoms with Crippen molar-refractivity contribution in [2.75, 3.05) is 12.3 Å². The van der Waals surface area contributed by atoms with E-state index in [0.717, 1.165) is 35.8 Å². The fourth-order valence-corrected chi connectivity index (χ4v) is 2.02. The van der Waals surface area contributed by atoms with E-state index >= 15 is 0 Å². The summed E-state index contributed by atoms with van der Waals surface area (Å²) in [6.07, 6.45) is 0.954. The van der Waals surface area contributed by atoms with Crippen LogP contribution in [0.2, 0.25) is 0 Å². The number of nitrogen functional groups attached to an aromatic ring is 1. The standard InChI is InChI=1S/C12H12N2O2/c1-7-11(14-12(13)16-7)9-2-3-10-8(6-9)4-5-15-10/h2-3,6H,4-5H2,1H3,(H2,13,14). The van der Waals surface area contributed by atoms with Crippen LogP contribution in [0.5, 0.6) is 5.75 Å². The van der Waals surface area contributed by atoms with Crippen LogP contribution in [0.4, 0.5) is 6.01 Å². The highest BCUT2D eigenvalue weighted by atomic mass is 16.5. The summed E-state index contributed by atoms with van der Waals surface area (Å²) in [7, 11) is 0. The van der Waals surface area contributed by atoms with E-state index in [1.165, 1.54) is 5.56 Å². The quantitative estimate of drug-likeness (QED) is 0.793. The predicted molar refractivity (Wildman–Crippen MR) is 60.3 cm³/mol. The molecule has 0 aliphatic carbocycles. The Morgan fingerprint density at radius 1 is 1.38 bits per heavy atom. The maximum absolute atomic E-state index is 5.53. The first-order chi connectivity index (χ1) is 7.74. The topological polar surface area (TPSA) is 61.3 Å². The van der Waals surface area contributed by atoms with Crippen LogP contribution in [-0.2, 0) is 6.42 Å². The number of nitrogens with two attached hydrogens (primary N) is 1. The molecule has 0 unspecified atom stereocenters. The average Bonchev–Trinajstić information content (AvgIpc) is 2.83. The molecule has 0 saturated carbocycles. The van der Waals surface area contributed by atoms with Crippen molar-refractivity contribution >= 4 is 6.01 Å². The van der Waals surface area contributed by atoms with E-state index in [1.54, 1.807) is 0 Å². The van der Waals surface area contributed by atoms with Crippen LogP contribution in [0.15, 0.2) is 22.6 Å². The Morgan fingerprint density at radius 2 is 2.25 bits per heavy atom. The number of hydrogen-bond acceptors (Lipinski definition) is 4. The zero-order chi connectivity index (χ0) is 11.1. The molecule has 3 rings (SSSR count). The molecule has 0 fully saturated rings. The van der Waals surface area contributed by atoms with Crippen LogP contribution in [0.3, 0.4) is 0 Å². The van der Waals surface area contributed by atoms with E-state index in [2.05, 4.69) is 11.1 Å². The molecule has 4 nitrogen and oxygen atoms in total. The highest BCUT2D eigenvalue weighted by Gasteiger charge is 2.15. The van der Waals surface area contributed by atoms with E-state index < -0.39 is 0 Å². The third-order valence-corrected chi connectivity index (χ3v) is 2.78. The van der Waals surface area contributed by atoms with Crippen LogP contribution in [0, 0.1) is 6.92 Å². The lowest BCUT2D eigenvalue weighted by Crippen LogP contribution is -1.85. The van der Waals surface area contributed by atoms with Gasteiger partial charge in [-0.25, -0.2) is 0 Å². The number of rotatable bonds is 1. The van der Waals surface area contributed by atoms with Crippen molar-refractivity contribution in [3.05, 3.63) is 29.5 Å². The first kappa shape index (κ1) is 9.27. The molecule has 4 heteroatoms. The molecule has 1 aliphatic heterocycles. The Kier molecular flexibility index (Phi) is 1.89. The molecule has 0 atom stereocenters. The molecule has 1 aromatic heterocycles. The fourth-order valence-electron chi connectivity index (χ4n) is 2.02. The lowest BCUT2D eigenvalue weighted by Gasteiger charge is -2.01. The molecule has 1 aromatic carbocycles. The third-order valence-electron chi connectivity index (χ3n) is 2.78. The van der Waals surface area contributed by atoms with Gasteiger partial charge in [0, 0.05) is 12.0 Å². The van der Waals surface area contributed by atoms with Gasteiger partial charge in [0.05, 0.1) is 6.61 Å². The van der Waals surface area contributed by atoms with Crippen molar-refractivity contribution in [2.24, 2.45) is 0 Å². The Labute approximate surface area is 93.0 Å². The molecule has 0 spiro atoms. The van der Waals surface area contributed by atoms with Crippen molar-refractivity contribution in [3.63, 3.8) is 0 Å². The minimum Gasteiger partial charge on any atom is -0.493 e. The second-order valence-corrected chi connectivity index (χ2v) is 3.88. The Morgan fingerprint density at radius 3 is 3.00 bits per heavy atom. The number of aromatic nitrogens is 1. The monoisotopic (exact) mass is 216 g/mol. The SMILES string of the molecule is Cc1oc(N)nc1-c1ccc2c(c1)CCO2. The van der Waals surface area contributed by atoms with Gasteiger partial charge in [0.15, 0.2) is 0 Å². The van der Waals surface area contributed by atoms with Gasteiger partial charge in [-0.15, -0.1) is 0 Å². The number of fused-ring (bicyclic) bond motifs is 1. The molecular formula is C12H12N2O2. The van der Waals surface area contributed by atoms with E-state index in [0.29, 0.717) is 0 Å². The van der Waals surface area contributed by atoms with Crippen LogP contribution in [0.25, 0.3) is 11.3 Å². The van der Waals surface area contributed by atoms with Crippen molar-refractivity contribution in [1.29, 1.82) is 0 Å². The minimum atomic E-state index is 0.212. The summed E-state index contributed by atoms with van der Waals surface area (Å²) in [5.74, 6) is 1.72. The summed E-state index contributed by atoms with van der Waals surface area (Å²) < 4.78 is 10.7. The summed E-state index contributed by atoms with van der Waals surface area (Å²) in [4.78, 5) is 4.18. The van der Waals surface area contributed by atoms with Crippen LogP contribution >= 0.6 is 0 Å². The van der Waals surface area contributed by atoms with Gasteiger partial charge >= 0.3 is 0 Å². The van der Waals surface area contributed by atoms with Crippen molar-refractivity contribution < 1.29 is 9.15 Å². The molecule has 16 heavy (non-hydrogen) atoms. The van der Waals surface area contributed by atoms with Gasteiger partial charge in [0.25, 0.3) is 6.01 Å². The van der Waals surface area contributed by atoms with E-state index in [1.807, 2.05) is 19.1 Å². The summed E-state index contributed by atoms with van der Waals surface area (Å²) >= 11 is 0. The van der Waals surface area contributed by atoms with E-state index in [9.17, 15) is 0 Å². The second kappa shape index (κ2) is 3.27. The molecule has 0 bridgehead atoms. The molecule has 0 saturated heterocycles. The van der Waals surface area contributed by atoms with Crippen molar-refractivity contribution in [3.8, 4) is 17.0 Å². The highest BCUT2D eigenvalue weighted by Crippen LogP contribution is 2.31. The molecule has 2 aromatic rings. The van der Waals surface area contributed by atoms with Crippen LogP contribution in [0.1, 0.15) is 11.3 Å². The van der Waals surface area contributed by atoms with Crippen LogP contribution < -0.4 is 10.5 Å². The molecular weight excluding hydrogens is 204 g/mol. The zero-order valence-corrected chi connectivity index (χ0v) is 8.99. The summed E-state index contributed by atoms with van der Waals surface area (Å²) in [5, 5.41) is 0. The van der Waals surface area contributed by atoms with Crippen molar-refractivity contribution in [2.45, 2.75) is 13.3 Å². The Balaban J connectivity index is 2.10. The Bertz CT molecular complexity index is 546. The highest BCUT2D eigenvalue weighted by molar-refractivity contribution is 5.65. The lowest BCUT2D eigenvalue weighted by atomic mass is 10.1. The summed E-state index contributed by atoms with van der Waals surface area (Å²) in [6.45, 7) is 2.63. The number of benzene rings is 1. The van der Waals surface area contributed by atoms with E-state index in [4.69, 9.17) is 14.9 Å². The smallest absolute Gasteiger partial charge is 0.292 e. The Hall–Kier alpha value is -1.97. The summed E-state index contributed by atoms with van der Waals surface area (Å²) in [6, 6.07) is 6.26. The molecule has 1 aliphatic rings. The molecule has 0 radical (unpaired) electrons. The number of nitrogens with zero attached hydrogens (tertiary/aromatic N) is 1. The maximum Gasteiger partial charge on any atom is 0.292 e.